The largest absolute Gasteiger partial charge is 0.496 e. The fourth-order valence-electron chi connectivity index (χ4n) is 2.48. The maximum Gasteiger partial charge on any atom is 0.225 e. The lowest BCUT2D eigenvalue weighted by Crippen LogP contribution is -2.13. The number of hydrogen-bond acceptors (Lipinski definition) is 4. The fraction of sp³-hybridized carbons (Fsp3) is 0.263. The van der Waals surface area contributed by atoms with Crippen molar-refractivity contribution in [2.75, 3.05) is 7.11 Å². The van der Waals surface area contributed by atoms with E-state index in [4.69, 9.17) is 4.74 Å². The zero-order chi connectivity index (χ0) is 17.5. The summed E-state index contributed by atoms with van der Waals surface area (Å²) in [5.41, 5.74) is 1.61. The number of aromatic nitrogens is 1. The summed E-state index contributed by atoms with van der Waals surface area (Å²) in [6.07, 6.45) is 0. The molecule has 1 heterocycles. The molecule has 0 bridgehead atoms. The molecule has 0 aliphatic rings. The number of ether oxygens (including phenoxy) is 1. The number of para-hydroxylation sites is 1. The van der Waals surface area contributed by atoms with E-state index in [0.29, 0.717) is 16.0 Å². The highest BCUT2D eigenvalue weighted by molar-refractivity contribution is 7.20. The van der Waals surface area contributed by atoms with Gasteiger partial charge in [0.2, 0.25) is 5.78 Å². The maximum atomic E-state index is 13.8. The third-order valence-electron chi connectivity index (χ3n) is 3.87. The Morgan fingerprint density at radius 2 is 1.96 bits per heavy atom. The molecule has 0 saturated heterocycles. The van der Waals surface area contributed by atoms with Gasteiger partial charge in [-0.2, -0.15) is 0 Å². The number of thiazole rings is 1. The Hall–Kier alpha value is -2.27. The molecular weight excluding hydrogens is 325 g/mol. The number of carbonyl (C=O) groups excluding carboxylic acids is 1. The lowest BCUT2D eigenvalue weighted by molar-refractivity contribution is 0.103. The Morgan fingerprint density at radius 3 is 2.58 bits per heavy atom. The van der Waals surface area contributed by atoms with Crippen LogP contribution in [0.25, 0.3) is 10.2 Å². The van der Waals surface area contributed by atoms with Crippen molar-refractivity contribution in [1.29, 1.82) is 0 Å². The Bertz CT molecular complexity index is 925. The van der Waals surface area contributed by atoms with Crippen LogP contribution in [0.3, 0.4) is 0 Å². The molecule has 0 saturated carbocycles. The number of nitrogens with zero attached hydrogens (tertiary/aromatic N) is 1. The normalized spacial score (nSPS) is 11.7. The molecule has 5 heteroatoms. The molecule has 0 fully saturated rings. The van der Waals surface area contributed by atoms with Gasteiger partial charge in [0.05, 0.1) is 17.4 Å². The van der Waals surface area contributed by atoms with Gasteiger partial charge in [-0.1, -0.05) is 32.9 Å². The number of fused-ring (bicyclic) bond motifs is 1. The first-order valence-corrected chi connectivity index (χ1v) is 8.41. The van der Waals surface area contributed by atoms with Gasteiger partial charge in [-0.05, 0) is 35.2 Å². The molecule has 0 amide bonds. The van der Waals surface area contributed by atoms with Crippen LogP contribution in [0, 0.1) is 5.82 Å². The topological polar surface area (TPSA) is 39.2 Å². The SMILES string of the molecule is COc1ccc(C(C)(C)C)cc1C(=O)c1nc2c(F)cccc2s1. The summed E-state index contributed by atoms with van der Waals surface area (Å²) in [5.74, 6) is -0.176. The van der Waals surface area contributed by atoms with Crippen molar-refractivity contribution in [3.63, 3.8) is 0 Å². The molecular formula is C19H18FNO2S. The predicted molar refractivity (Wildman–Crippen MR) is 94.7 cm³/mol. The van der Waals surface area contributed by atoms with Crippen LogP contribution in [0.5, 0.6) is 5.75 Å². The van der Waals surface area contributed by atoms with Crippen molar-refractivity contribution in [1.82, 2.24) is 4.98 Å². The van der Waals surface area contributed by atoms with Gasteiger partial charge in [0, 0.05) is 0 Å². The van der Waals surface area contributed by atoms with Crippen molar-refractivity contribution in [2.45, 2.75) is 26.2 Å². The van der Waals surface area contributed by atoms with E-state index in [1.54, 1.807) is 18.2 Å². The Balaban J connectivity index is 2.12. The lowest BCUT2D eigenvalue weighted by atomic mass is 9.85. The summed E-state index contributed by atoms with van der Waals surface area (Å²) in [4.78, 5) is 17.1. The Labute approximate surface area is 144 Å². The number of benzene rings is 2. The third kappa shape index (κ3) is 2.91. The van der Waals surface area contributed by atoms with Gasteiger partial charge < -0.3 is 4.74 Å². The monoisotopic (exact) mass is 343 g/mol. The molecule has 24 heavy (non-hydrogen) atoms. The van der Waals surface area contributed by atoms with E-state index in [1.807, 2.05) is 12.1 Å². The van der Waals surface area contributed by atoms with E-state index in [-0.39, 0.29) is 21.7 Å². The van der Waals surface area contributed by atoms with Crippen LogP contribution in [-0.4, -0.2) is 17.9 Å². The number of halogens is 1. The van der Waals surface area contributed by atoms with Gasteiger partial charge in [-0.3, -0.25) is 4.79 Å². The van der Waals surface area contributed by atoms with Crippen LogP contribution < -0.4 is 4.74 Å². The quantitative estimate of drug-likeness (QED) is 0.630. The third-order valence-corrected chi connectivity index (χ3v) is 4.89. The molecule has 0 N–H and O–H groups in total. The molecule has 0 aliphatic heterocycles. The highest BCUT2D eigenvalue weighted by Gasteiger charge is 2.23. The standard InChI is InChI=1S/C19H18FNO2S/c1-19(2,3)11-8-9-14(23-4)12(10-11)17(22)18-21-16-13(20)6-5-7-15(16)24-18/h5-10H,1-4H3. The first-order chi connectivity index (χ1) is 11.3. The summed E-state index contributed by atoms with van der Waals surface area (Å²) in [6.45, 7) is 6.24. The molecule has 0 aliphatic carbocycles. The zero-order valence-electron chi connectivity index (χ0n) is 14.0. The lowest BCUT2D eigenvalue weighted by Gasteiger charge is -2.20. The van der Waals surface area contributed by atoms with Crippen LogP contribution >= 0.6 is 11.3 Å². The second-order valence-corrected chi connectivity index (χ2v) is 7.63. The minimum atomic E-state index is -0.418. The predicted octanol–water partition coefficient (Wildman–Crippen LogP) is 4.97. The van der Waals surface area contributed by atoms with Crippen molar-refractivity contribution in [2.24, 2.45) is 0 Å². The molecule has 0 spiro atoms. The van der Waals surface area contributed by atoms with Crippen molar-refractivity contribution in [3.8, 4) is 5.75 Å². The Morgan fingerprint density at radius 1 is 1.21 bits per heavy atom. The van der Waals surface area contributed by atoms with Crippen LogP contribution in [0.4, 0.5) is 4.39 Å². The maximum absolute atomic E-state index is 13.8. The Kier molecular flexibility index (Phi) is 4.13. The van der Waals surface area contributed by atoms with E-state index >= 15 is 0 Å². The molecule has 0 radical (unpaired) electrons. The van der Waals surface area contributed by atoms with Crippen molar-refractivity contribution in [3.05, 3.63) is 58.3 Å². The highest BCUT2D eigenvalue weighted by atomic mass is 32.1. The molecule has 2 aromatic carbocycles. The summed E-state index contributed by atoms with van der Waals surface area (Å²) in [6, 6.07) is 10.3. The average Bonchev–Trinajstić information content (AvgIpc) is 2.98. The van der Waals surface area contributed by atoms with Gasteiger partial charge in [0.15, 0.2) is 5.01 Å². The summed E-state index contributed by atoms with van der Waals surface area (Å²) < 4.78 is 19.8. The summed E-state index contributed by atoms with van der Waals surface area (Å²) in [5, 5.41) is 0.263. The smallest absolute Gasteiger partial charge is 0.225 e. The van der Waals surface area contributed by atoms with Gasteiger partial charge in [0.1, 0.15) is 17.1 Å². The van der Waals surface area contributed by atoms with E-state index in [9.17, 15) is 9.18 Å². The zero-order valence-corrected chi connectivity index (χ0v) is 14.8. The molecule has 3 aromatic rings. The number of carbonyl (C=O) groups is 1. The molecule has 0 unspecified atom stereocenters. The van der Waals surface area contributed by atoms with Crippen molar-refractivity contribution < 1.29 is 13.9 Å². The first kappa shape index (κ1) is 16.6. The van der Waals surface area contributed by atoms with Gasteiger partial charge >= 0.3 is 0 Å². The van der Waals surface area contributed by atoms with Crippen LogP contribution in [0.2, 0.25) is 0 Å². The van der Waals surface area contributed by atoms with Gasteiger partial charge in [0.25, 0.3) is 0 Å². The number of rotatable bonds is 3. The van der Waals surface area contributed by atoms with E-state index < -0.39 is 5.82 Å². The molecule has 3 nitrogen and oxygen atoms in total. The number of methoxy groups -OCH3 is 1. The highest BCUT2D eigenvalue weighted by Crippen LogP contribution is 2.32. The van der Waals surface area contributed by atoms with Crippen molar-refractivity contribution >= 4 is 27.3 Å². The average molecular weight is 343 g/mol. The van der Waals surface area contributed by atoms with Crippen LogP contribution in [-0.2, 0) is 5.41 Å². The van der Waals surface area contributed by atoms with E-state index in [0.717, 1.165) is 5.56 Å². The summed E-state index contributed by atoms with van der Waals surface area (Å²) >= 11 is 1.19. The number of ketones is 1. The fourth-order valence-corrected chi connectivity index (χ4v) is 3.41. The van der Waals surface area contributed by atoms with Gasteiger partial charge in [-0.25, -0.2) is 9.37 Å². The van der Waals surface area contributed by atoms with Gasteiger partial charge in [-0.15, -0.1) is 11.3 Å². The minimum Gasteiger partial charge on any atom is -0.496 e. The first-order valence-electron chi connectivity index (χ1n) is 7.59. The molecule has 3 rings (SSSR count). The molecule has 1 aromatic heterocycles. The van der Waals surface area contributed by atoms with Crippen LogP contribution in [0.15, 0.2) is 36.4 Å². The molecule has 0 atom stereocenters. The molecule has 124 valence electrons. The second kappa shape index (κ2) is 5.98. The van der Waals surface area contributed by atoms with E-state index in [1.165, 1.54) is 24.5 Å². The minimum absolute atomic E-state index is 0.0962. The second-order valence-electron chi connectivity index (χ2n) is 6.60. The van der Waals surface area contributed by atoms with E-state index in [2.05, 4.69) is 25.8 Å². The number of hydrogen-bond donors (Lipinski definition) is 0. The van der Waals surface area contributed by atoms with Crippen LogP contribution in [0.1, 0.15) is 41.7 Å². The summed E-state index contributed by atoms with van der Waals surface area (Å²) in [7, 11) is 1.53.